The highest BCUT2D eigenvalue weighted by atomic mass is 35.5. The monoisotopic (exact) mass is 349 g/mol. The SMILES string of the molecule is COc1cc(Cl)c(CNCCOc2ccc(C)c(C)c2)cc1OC. The van der Waals surface area contributed by atoms with E-state index in [0.29, 0.717) is 29.7 Å². The van der Waals surface area contributed by atoms with E-state index < -0.39 is 0 Å². The highest BCUT2D eigenvalue weighted by Gasteiger charge is 2.09. The van der Waals surface area contributed by atoms with Gasteiger partial charge in [-0.2, -0.15) is 0 Å². The molecule has 0 spiro atoms. The van der Waals surface area contributed by atoms with Crippen LogP contribution in [0.4, 0.5) is 0 Å². The average molecular weight is 350 g/mol. The predicted octanol–water partition coefficient (Wildman–Crippen LogP) is 4.14. The van der Waals surface area contributed by atoms with Crippen LogP contribution in [0.1, 0.15) is 16.7 Å². The summed E-state index contributed by atoms with van der Waals surface area (Å²) in [6.07, 6.45) is 0. The predicted molar refractivity (Wildman–Crippen MR) is 97.7 cm³/mol. The molecule has 2 aromatic rings. The highest BCUT2D eigenvalue weighted by molar-refractivity contribution is 6.31. The summed E-state index contributed by atoms with van der Waals surface area (Å²) in [6.45, 7) is 6.12. The van der Waals surface area contributed by atoms with Crippen LogP contribution >= 0.6 is 11.6 Å². The van der Waals surface area contributed by atoms with E-state index in [1.54, 1.807) is 20.3 Å². The van der Waals surface area contributed by atoms with Gasteiger partial charge in [0.15, 0.2) is 11.5 Å². The van der Waals surface area contributed by atoms with E-state index in [2.05, 4.69) is 31.3 Å². The Bertz CT molecular complexity index is 689. The van der Waals surface area contributed by atoms with Crippen LogP contribution in [-0.2, 0) is 6.54 Å². The van der Waals surface area contributed by atoms with E-state index in [4.69, 9.17) is 25.8 Å². The first-order valence-corrected chi connectivity index (χ1v) is 8.24. The van der Waals surface area contributed by atoms with Gasteiger partial charge in [-0.05, 0) is 48.7 Å². The third kappa shape index (κ3) is 4.79. The highest BCUT2D eigenvalue weighted by Crippen LogP contribution is 2.32. The number of halogens is 1. The van der Waals surface area contributed by atoms with Crippen molar-refractivity contribution in [3.63, 3.8) is 0 Å². The Hall–Kier alpha value is -1.91. The molecule has 0 fully saturated rings. The third-order valence-corrected chi connectivity index (χ3v) is 4.25. The van der Waals surface area contributed by atoms with Crippen LogP contribution in [0, 0.1) is 13.8 Å². The van der Waals surface area contributed by atoms with E-state index in [1.165, 1.54) is 11.1 Å². The normalized spacial score (nSPS) is 10.5. The minimum absolute atomic E-state index is 0.591. The van der Waals surface area contributed by atoms with Crippen molar-refractivity contribution in [2.45, 2.75) is 20.4 Å². The lowest BCUT2D eigenvalue weighted by molar-refractivity contribution is 0.313. The van der Waals surface area contributed by atoms with Crippen molar-refractivity contribution >= 4 is 11.6 Å². The van der Waals surface area contributed by atoms with Crippen LogP contribution in [0.15, 0.2) is 30.3 Å². The molecule has 0 aliphatic carbocycles. The zero-order chi connectivity index (χ0) is 17.5. The van der Waals surface area contributed by atoms with Gasteiger partial charge in [-0.3, -0.25) is 0 Å². The van der Waals surface area contributed by atoms with Gasteiger partial charge in [0, 0.05) is 24.2 Å². The molecule has 0 saturated heterocycles. The van der Waals surface area contributed by atoms with Crippen LogP contribution < -0.4 is 19.5 Å². The molecule has 2 rings (SSSR count). The molecular formula is C19H24ClNO3. The summed E-state index contributed by atoms with van der Waals surface area (Å²) in [6, 6.07) is 9.77. The smallest absolute Gasteiger partial charge is 0.162 e. The van der Waals surface area contributed by atoms with E-state index >= 15 is 0 Å². The van der Waals surface area contributed by atoms with Crippen molar-refractivity contribution in [1.29, 1.82) is 0 Å². The quantitative estimate of drug-likeness (QED) is 0.727. The fourth-order valence-corrected chi connectivity index (χ4v) is 2.52. The standard InChI is InChI=1S/C19H24ClNO3/c1-13-5-6-16(9-14(13)2)24-8-7-21-12-15-10-18(22-3)19(23-4)11-17(15)20/h5-6,9-11,21H,7-8,12H2,1-4H3. The average Bonchev–Trinajstić information content (AvgIpc) is 2.58. The molecule has 0 aliphatic heterocycles. The van der Waals surface area contributed by atoms with Crippen molar-refractivity contribution < 1.29 is 14.2 Å². The molecule has 0 aromatic heterocycles. The fraction of sp³-hybridized carbons (Fsp3) is 0.368. The molecule has 0 aliphatic rings. The number of aryl methyl sites for hydroxylation is 2. The number of ether oxygens (including phenoxy) is 3. The molecule has 0 radical (unpaired) electrons. The van der Waals surface area contributed by atoms with Gasteiger partial charge in [0.1, 0.15) is 12.4 Å². The lowest BCUT2D eigenvalue weighted by Crippen LogP contribution is -2.20. The maximum atomic E-state index is 6.27. The summed E-state index contributed by atoms with van der Waals surface area (Å²) in [7, 11) is 3.20. The largest absolute Gasteiger partial charge is 0.493 e. The van der Waals surface area contributed by atoms with Crippen molar-refractivity contribution in [3.8, 4) is 17.2 Å². The molecule has 130 valence electrons. The molecule has 0 unspecified atom stereocenters. The van der Waals surface area contributed by atoms with Crippen molar-refractivity contribution in [2.75, 3.05) is 27.4 Å². The van der Waals surface area contributed by atoms with E-state index in [-0.39, 0.29) is 0 Å². The maximum absolute atomic E-state index is 6.27. The molecule has 0 atom stereocenters. The molecule has 5 heteroatoms. The second-order valence-electron chi connectivity index (χ2n) is 5.57. The molecule has 0 saturated carbocycles. The van der Waals surface area contributed by atoms with Crippen LogP contribution in [0.3, 0.4) is 0 Å². The summed E-state index contributed by atoms with van der Waals surface area (Å²) in [4.78, 5) is 0. The van der Waals surface area contributed by atoms with E-state index in [9.17, 15) is 0 Å². The number of hydrogen-bond donors (Lipinski definition) is 1. The van der Waals surface area contributed by atoms with Gasteiger partial charge in [0.05, 0.1) is 14.2 Å². The number of methoxy groups -OCH3 is 2. The minimum atomic E-state index is 0.591. The van der Waals surface area contributed by atoms with Gasteiger partial charge in [-0.25, -0.2) is 0 Å². The number of hydrogen-bond acceptors (Lipinski definition) is 4. The van der Waals surface area contributed by atoms with Crippen LogP contribution in [0.25, 0.3) is 0 Å². The molecule has 0 bridgehead atoms. The minimum Gasteiger partial charge on any atom is -0.493 e. The Morgan fingerprint density at radius 2 is 1.67 bits per heavy atom. The molecule has 0 heterocycles. The van der Waals surface area contributed by atoms with Gasteiger partial charge < -0.3 is 19.5 Å². The first-order valence-electron chi connectivity index (χ1n) is 7.86. The second-order valence-corrected chi connectivity index (χ2v) is 5.98. The lowest BCUT2D eigenvalue weighted by Gasteiger charge is -2.13. The molecule has 1 N–H and O–H groups in total. The zero-order valence-electron chi connectivity index (χ0n) is 14.6. The van der Waals surface area contributed by atoms with E-state index in [1.807, 2.05) is 12.1 Å². The number of benzene rings is 2. The van der Waals surface area contributed by atoms with E-state index in [0.717, 1.165) is 17.9 Å². The molecule has 2 aromatic carbocycles. The summed E-state index contributed by atoms with van der Waals surface area (Å²) < 4.78 is 16.3. The third-order valence-electron chi connectivity index (χ3n) is 3.89. The topological polar surface area (TPSA) is 39.7 Å². The number of rotatable bonds is 8. The summed E-state index contributed by atoms with van der Waals surface area (Å²) in [5.74, 6) is 2.19. The van der Waals surface area contributed by atoms with Crippen LogP contribution in [-0.4, -0.2) is 27.4 Å². The summed E-state index contributed by atoms with van der Waals surface area (Å²) in [5.41, 5.74) is 3.46. The molecule has 4 nitrogen and oxygen atoms in total. The summed E-state index contributed by atoms with van der Waals surface area (Å²) in [5, 5.41) is 3.97. The van der Waals surface area contributed by atoms with Gasteiger partial charge in [-0.15, -0.1) is 0 Å². The summed E-state index contributed by atoms with van der Waals surface area (Å²) >= 11 is 6.27. The molecule has 24 heavy (non-hydrogen) atoms. The zero-order valence-corrected chi connectivity index (χ0v) is 15.4. The molecule has 0 amide bonds. The second kappa shape index (κ2) is 8.81. The van der Waals surface area contributed by atoms with Crippen molar-refractivity contribution in [3.05, 3.63) is 52.0 Å². The van der Waals surface area contributed by atoms with Crippen LogP contribution in [0.5, 0.6) is 17.2 Å². The van der Waals surface area contributed by atoms with Gasteiger partial charge in [-0.1, -0.05) is 17.7 Å². The van der Waals surface area contributed by atoms with Crippen LogP contribution in [0.2, 0.25) is 5.02 Å². The van der Waals surface area contributed by atoms with Gasteiger partial charge in [0.25, 0.3) is 0 Å². The fourth-order valence-electron chi connectivity index (χ4n) is 2.30. The molecular weight excluding hydrogens is 326 g/mol. The maximum Gasteiger partial charge on any atom is 0.162 e. The lowest BCUT2D eigenvalue weighted by atomic mass is 10.1. The number of nitrogens with one attached hydrogen (secondary N) is 1. The Kier molecular flexibility index (Phi) is 6.76. The van der Waals surface area contributed by atoms with Crippen molar-refractivity contribution in [2.24, 2.45) is 0 Å². The van der Waals surface area contributed by atoms with Gasteiger partial charge in [0.2, 0.25) is 0 Å². The Morgan fingerprint density at radius 1 is 0.958 bits per heavy atom. The van der Waals surface area contributed by atoms with Crippen molar-refractivity contribution in [1.82, 2.24) is 5.32 Å². The Labute approximate surface area is 148 Å². The van der Waals surface area contributed by atoms with Gasteiger partial charge >= 0.3 is 0 Å². The Balaban J connectivity index is 1.82. The first kappa shape index (κ1) is 18.4. The first-order chi connectivity index (χ1) is 11.5. The Morgan fingerprint density at radius 3 is 2.33 bits per heavy atom.